The van der Waals surface area contributed by atoms with Gasteiger partial charge in [0.15, 0.2) is 12.4 Å². The molecule has 0 amide bonds. The topological polar surface area (TPSA) is 69.4 Å². The van der Waals surface area contributed by atoms with E-state index in [2.05, 4.69) is 68.7 Å². The minimum atomic E-state index is -0.447. The van der Waals surface area contributed by atoms with Gasteiger partial charge in [-0.2, -0.15) is 0 Å². The number of pyridine rings is 2. The molecule has 3 unspecified atom stereocenters. The zero-order valence-corrected chi connectivity index (χ0v) is 31.2. The van der Waals surface area contributed by atoms with Crippen molar-refractivity contribution in [2.75, 3.05) is 13.2 Å². The summed E-state index contributed by atoms with van der Waals surface area (Å²) in [6, 6.07) is 8.46. The van der Waals surface area contributed by atoms with Crippen molar-refractivity contribution in [3.8, 4) is 0 Å². The van der Waals surface area contributed by atoms with Gasteiger partial charge in [-0.1, -0.05) is 67.2 Å². The lowest BCUT2D eigenvalue weighted by atomic mass is 9.79. The third-order valence-corrected chi connectivity index (χ3v) is 8.32. The molecule has 0 N–H and O–H groups in total. The normalized spacial score (nSPS) is 13.0. The zero-order chi connectivity index (χ0) is 32.8. The molecule has 0 saturated carbocycles. The molecule has 0 saturated heterocycles. The Balaban J connectivity index is 0.000000855. The molecule has 256 valence electrons. The molecule has 0 aliphatic carbocycles. The lowest BCUT2D eigenvalue weighted by Gasteiger charge is -2.27. The van der Waals surface area contributed by atoms with E-state index in [1.807, 2.05) is 45.3 Å². The molecule has 0 spiro atoms. The quantitative estimate of drug-likeness (QED) is 0.0918. The van der Waals surface area contributed by atoms with Crippen LogP contribution in [0.25, 0.3) is 0 Å². The van der Waals surface area contributed by atoms with Gasteiger partial charge < -0.3 is 26.5 Å². The highest BCUT2D eigenvalue weighted by atomic mass is 79.9. The van der Waals surface area contributed by atoms with Crippen LogP contribution in [0.15, 0.2) is 49.1 Å². The molecule has 0 radical (unpaired) electrons. The van der Waals surface area contributed by atoms with Crippen molar-refractivity contribution in [3.05, 3.63) is 60.2 Å². The van der Waals surface area contributed by atoms with E-state index < -0.39 is 5.41 Å². The third-order valence-electron chi connectivity index (χ3n) is 8.32. The van der Waals surface area contributed by atoms with Crippen LogP contribution in [-0.2, 0) is 25.6 Å². The van der Waals surface area contributed by atoms with Gasteiger partial charge in [0.25, 0.3) is 0 Å². The first kappa shape index (κ1) is 42.7. The van der Waals surface area contributed by atoms with Gasteiger partial charge in [0.05, 0.1) is 24.5 Å². The average molecular weight is 692 g/mol. The Kier molecular flexibility index (Phi) is 23.6. The number of nitrogens with zero attached hydrogens (tertiary/aromatic N) is 2. The van der Waals surface area contributed by atoms with Crippen LogP contribution in [0.1, 0.15) is 149 Å². The second-order valence-electron chi connectivity index (χ2n) is 13.0. The number of carbonyl (C=O) groups is 2. The Bertz CT molecular complexity index is 1030. The van der Waals surface area contributed by atoms with Crippen LogP contribution in [0, 0.1) is 11.3 Å². The molecule has 2 aromatic heterocycles. The lowest BCUT2D eigenvalue weighted by molar-refractivity contribution is -0.697. The highest BCUT2D eigenvalue weighted by Crippen LogP contribution is 2.34. The second kappa shape index (κ2) is 24.9. The van der Waals surface area contributed by atoms with Crippen LogP contribution in [-0.4, -0.2) is 30.1 Å². The number of aryl methyl sites for hydroxylation is 1. The van der Waals surface area contributed by atoms with Gasteiger partial charge in [0.1, 0.15) is 6.54 Å². The molecule has 3 atom stereocenters. The van der Waals surface area contributed by atoms with Crippen LogP contribution >= 0.6 is 0 Å². The van der Waals surface area contributed by atoms with Crippen LogP contribution in [0.3, 0.4) is 0 Å². The third kappa shape index (κ3) is 17.9. The molecule has 7 heteroatoms. The van der Waals surface area contributed by atoms with E-state index in [0.717, 1.165) is 51.5 Å². The van der Waals surface area contributed by atoms with Crippen LogP contribution in [0.4, 0.5) is 0 Å². The van der Waals surface area contributed by atoms with Gasteiger partial charge in [-0.3, -0.25) is 14.6 Å². The maximum atomic E-state index is 12.2. The minimum Gasteiger partial charge on any atom is -1.00 e. The fourth-order valence-corrected chi connectivity index (χ4v) is 5.23. The summed E-state index contributed by atoms with van der Waals surface area (Å²) in [5.41, 5.74) is 2.10. The van der Waals surface area contributed by atoms with Crippen LogP contribution in [0.5, 0.6) is 0 Å². The van der Waals surface area contributed by atoms with Gasteiger partial charge in [-0.15, -0.1) is 0 Å². The number of ether oxygens (including phenoxy) is 2. The minimum absolute atomic E-state index is 0. The van der Waals surface area contributed by atoms with E-state index in [1.165, 1.54) is 36.8 Å². The molecular formula is C38H63BrN2O4. The van der Waals surface area contributed by atoms with Gasteiger partial charge in [0, 0.05) is 30.9 Å². The van der Waals surface area contributed by atoms with Gasteiger partial charge in [0.2, 0.25) is 0 Å². The molecule has 0 aromatic carbocycles. The molecule has 2 heterocycles. The first-order valence-electron chi connectivity index (χ1n) is 17.3. The maximum absolute atomic E-state index is 12.2. The number of halogens is 1. The Morgan fingerprint density at radius 1 is 0.800 bits per heavy atom. The highest BCUT2D eigenvalue weighted by molar-refractivity contribution is 5.76. The smallest absolute Gasteiger partial charge is 0.311 e. The van der Waals surface area contributed by atoms with E-state index >= 15 is 0 Å². The van der Waals surface area contributed by atoms with Crippen molar-refractivity contribution >= 4 is 11.9 Å². The van der Waals surface area contributed by atoms with Crippen molar-refractivity contribution in [2.24, 2.45) is 11.3 Å². The number of aromatic nitrogens is 2. The molecule has 0 fully saturated rings. The van der Waals surface area contributed by atoms with E-state index in [9.17, 15) is 9.59 Å². The van der Waals surface area contributed by atoms with E-state index in [4.69, 9.17) is 9.47 Å². The highest BCUT2D eigenvalue weighted by Gasteiger charge is 2.32. The lowest BCUT2D eigenvalue weighted by Crippen LogP contribution is -3.00. The van der Waals surface area contributed by atoms with Gasteiger partial charge in [-0.25, -0.2) is 4.57 Å². The fourth-order valence-electron chi connectivity index (χ4n) is 5.23. The van der Waals surface area contributed by atoms with Crippen LogP contribution < -0.4 is 21.5 Å². The zero-order valence-electron chi connectivity index (χ0n) is 29.7. The number of hydrogen-bond donors (Lipinski definition) is 0. The average Bonchev–Trinajstić information content (AvgIpc) is 3.03. The molecule has 2 rings (SSSR count). The fraction of sp³-hybridized carbons (Fsp3) is 0.684. The molecule has 2 aromatic rings. The van der Waals surface area contributed by atoms with Crippen molar-refractivity contribution in [3.63, 3.8) is 0 Å². The molecule has 0 aliphatic rings. The summed E-state index contributed by atoms with van der Waals surface area (Å²) >= 11 is 0. The Morgan fingerprint density at radius 2 is 1.38 bits per heavy atom. The number of esters is 2. The summed E-state index contributed by atoms with van der Waals surface area (Å²) in [6.07, 6.45) is 19.7. The predicted molar refractivity (Wildman–Crippen MR) is 180 cm³/mol. The molecule has 6 nitrogen and oxygen atoms in total. The van der Waals surface area contributed by atoms with Gasteiger partial charge in [-0.05, 0) is 87.5 Å². The summed E-state index contributed by atoms with van der Waals surface area (Å²) in [5, 5.41) is 0. The molecule has 0 aliphatic heterocycles. The van der Waals surface area contributed by atoms with Gasteiger partial charge >= 0.3 is 11.9 Å². The Morgan fingerprint density at radius 3 is 1.93 bits per heavy atom. The first-order chi connectivity index (χ1) is 21.1. The van der Waals surface area contributed by atoms with Crippen molar-refractivity contribution in [1.82, 2.24) is 4.98 Å². The van der Waals surface area contributed by atoms with E-state index in [0.29, 0.717) is 25.0 Å². The van der Waals surface area contributed by atoms with E-state index in [1.54, 1.807) is 0 Å². The molecular weight excluding hydrogens is 628 g/mol. The van der Waals surface area contributed by atoms with Crippen molar-refractivity contribution < 1.29 is 40.6 Å². The number of hydrogen-bond acceptors (Lipinski definition) is 5. The largest absolute Gasteiger partial charge is 1.00 e. The summed E-state index contributed by atoms with van der Waals surface area (Å²) in [6.45, 7) is 18.9. The summed E-state index contributed by atoms with van der Waals surface area (Å²) in [7, 11) is 0. The Labute approximate surface area is 285 Å². The summed E-state index contributed by atoms with van der Waals surface area (Å²) in [5.74, 6) is 0.550. The SMILES string of the molecule is CCCCCC[n+]1ccc(C(C)CC(C)C(=O)OCCCC)cc1.CCCCOC(=O)C(C)(C)CC(CC)c1ccncc1.[Br-]. The first-order valence-corrected chi connectivity index (χ1v) is 17.3. The van der Waals surface area contributed by atoms with E-state index in [-0.39, 0.29) is 34.8 Å². The predicted octanol–water partition coefficient (Wildman–Crippen LogP) is 6.37. The van der Waals surface area contributed by atoms with Crippen molar-refractivity contribution in [2.45, 2.75) is 144 Å². The Hall–Kier alpha value is -2.28. The monoisotopic (exact) mass is 690 g/mol. The summed E-state index contributed by atoms with van der Waals surface area (Å²) < 4.78 is 13.0. The second-order valence-corrected chi connectivity index (χ2v) is 13.0. The molecule has 0 bridgehead atoms. The van der Waals surface area contributed by atoms with Crippen LogP contribution in [0.2, 0.25) is 0 Å². The maximum Gasteiger partial charge on any atom is 0.311 e. The van der Waals surface area contributed by atoms with Crippen molar-refractivity contribution in [1.29, 1.82) is 0 Å². The standard InChI is InChI=1S/C21H36NO2.C17H27NO2.BrH/c1-5-7-9-10-13-22-14-11-20(12-15-22)18(3)17-19(4)21(23)24-16-8-6-2;1-5-7-12-20-16(19)17(3,4)13-14(6-2)15-8-10-18-11-9-15;/h11-12,14-15,18-19H,5-10,13,16-17H2,1-4H3;8-11,14H,5-7,12-13H2,1-4H3;1H/q+1;;/p-1. The number of carbonyl (C=O) groups excluding carboxylic acids is 2. The summed E-state index contributed by atoms with van der Waals surface area (Å²) in [4.78, 5) is 28.2. The molecule has 45 heavy (non-hydrogen) atoms. The number of rotatable bonds is 20. The number of unbranched alkanes of at least 4 members (excludes halogenated alkanes) is 5.